The molecular weight excluding hydrogens is 360 g/mol. The van der Waals surface area contributed by atoms with Crippen molar-refractivity contribution in [1.82, 2.24) is 10.6 Å². The maximum absolute atomic E-state index is 12.5. The van der Waals surface area contributed by atoms with Crippen LogP contribution in [0.25, 0.3) is 0 Å². The normalized spacial score (nSPS) is 23.5. The summed E-state index contributed by atoms with van der Waals surface area (Å²) in [6.07, 6.45) is 5.95. The molecule has 27 heavy (non-hydrogen) atoms. The molecule has 150 valence electrons. The molecule has 1 aromatic carbocycles. The number of Topliss-reactive ketones (excluding diaryl/α,β-unsaturated/α-hetero) is 1. The second-order valence-electron chi connectivity index (χ2n) is 8.23. The van der Waals surface area contributed by atoms with E-state index < -0.39 is 0 Å². The van der Waals surface area contributed by atoms with Gasteiger partial charge in [-0.2, -0.15) is 0 Å². The molecule has 2 aliphatic rings. The third kappa shape index (κ3) is 5.79. The van der Waals surface area contributed by atoms with Gasteiger partial charge in [-0.1, -0.05) is 26.0 Å². The van der Waals surface area contributed by atoms with E-state index in [0.717, 1.165) is 44.3 Å². The first-order valence-corrected chi connectivity index (χ1v) is 10.2. The van der Waals surface area contributed by atoms with Crippen LogP contribution in [0, 0.1) is 11.8 Å². The lowest BCUT2D eigenvalue weighted by Gasteiger charge is -2.29. The number of rotatable bonds is 5. The number of nitrogens with one attached hydrogen (secondary N) is 2. The van der Waals surface area contributed by atoms with Crippen molar-refractivity contribution in [2.75, 3.05) is 13.1 Å². The van der Waals surface area contributed by atoms with Gasteiger partial charge < -0.3 is 10.6 Å². The highest BCUT2D eigenvalue weighted by Crippen LogP contribution is 2.28. The molecule has 1 amide bonds. The fourth-order valence-corrected chi connectivity index (χ4v) is 4.32. The third-order valence-electron chi connectivity index (χ3n) is 6.02. The van der Waals surface area contributed by atoms with Gasteiger partial charge in [0.25, 0.3) is 5.91 Å². The van der Waals surface area contributed by atoms with E-state index in [1.807, 2.05) is 26.0 Å². The van der Waals surface area contributed by atoms with Crippen LogP contribution in [0.1, 0.15) is 74.2 Å². The average Bonchev–Trinajstić information content (AvgIpc) is 2.68. The van der Waals surface area contributed by atoms with Crippen molar-refractivity contribution >= 4 is 24.1 Å². The van der Waals surface area contributed by atoms with Crippen LogP contribution < -0.4 is 10.6 Å². The Balaban J connectivity index is 0.00000261. The van der Waals surface area contributed by atoms with Crippen molar-refractivity contribution in [2.45, 2.75) is 64.3 Å². The van der Waals surface area contributed by atoms with Crippen LogP contribution in [0.4, 0.5) is 0 Å². The van der Waals surface area contributed by atoms with E-state index in [1.165, 1.54) is 18.4 Å². The maximum Gasteiger partial charge on any atom is 0.251 e. The first-order valence-electron chi connectivity index (χ1n) is 10.2. The monoisotopic (exact) mass is 392 g/mol. The van der Waals surface area contributed by atoms with Gasteiger partial charge in [-0.3, -0.25) is 9.59 Å². The number of halogens is 1. The Morgan fingerprint density at radius 2 is 1.56 bits per heavy atom. The molecule has 1 saturated carbocycles. The number of piperidine rings is 1. The summed E-state index contributed by atoms with van der Waals surface area (Å²) in [5, 5.41) is 6.55. The van der Waals surface area contributed by atoms with Gasteiger partial charge >= 0.3 is 0 Å². The predicted molar refractivity (Wildman–Crippen MR) is 112 cm³/mol. The topological polar surface area (TPSA) is 58.2 Å². The number of carbonyl (C=O) groups excluding carboxylic acids is 2. The predicted octanol–water partition coefficient (Wildman–Crippen LogP) is 4.09. The summed E-state index contributed by atoms with van der Waals surface area (Å²) >= 11 is 0. The first kappa shape index (κ1) is 21.9. The second-order valence-corrected chi connectivity index (χ2v) is 8.23. The average molecular weight is 393 g/mol. The van der Waals surface area contributed by atoms with Crippen LogP contribution >= 0.6 is 12.4 Å². The van der Waals surface area contributed by atoms with E-state index in [9.17, 15) is 9.59 Å². The summed E-state index contributed by atoms with van der Waals surface area (Å²) in [5.74, 6) is 1.31. The lowest BCUT2D eigenvalue weighted by Crippen LogP contribution is -2.39. The summed E-state index contributed by atoms with van der Waals surface area (Å²) < 4.78 is 0. The van der Waals surface area contributed by atoms with Crippen molar-refractivity contribution < 1.29 is 9.59 Å². The molecule has 0 spiro atoms. The van der Waals surface area contributed by atoms with Crippen molar-refractivity contribution in [1.29, 1.82) is 0 Å². The van der Waals surface area contributed by atoms with E-state index in [1.54, 1.807) is 0 Å². The zero-order valence-electron chi connectivity index (χ0n) is 16.5. The van der Waals surface area contributed by atoms with Crippen LogP contribution in [0.3, 0.4) is 0 Å². The molecule has 2 fully saturated rings. The van der Waals surface area contributed by atoms with Gasteiger partial charge in [-0.25, -0.2) is 0 Å². The number of benzene rings is 1. The van der Waals surface area contributed by atoms with Crippen molar-refractivity contribution in [3.8, 4) is 0 Å². The Hall–Kier alpha value is -1.39. The molecule has 0 bridgehead atoms. The molecule has 0 atom stereocenters. The lowest BCUT2D eigenvalue weighted by molar-refractivity contribution is -0.126. The number of hydrogen-bond acceptors (Lipinski definition) is 3. The van der Waals surface area contributed by atoms with Gasteiger partial charge in [-0.15, -0.1) is 12.4 Å². The van der Waals surface area contributed by atoms with E-state index >= 15 is 0 Å². The SMILES string of the molecule is CC(C)C(=O)C1CCC(NC(=O)c2ccc(C3CCNCC3)cc2)CC1.Cl. The highest BCUT2D eigenvalue weighted by molar-refractivity contribution is 5.94. The Morgan fingerprint density at radius 1 is 0.963 bits per heavy atom. The molecule has 0 unspecified atom stereocenters. The van der Waals surface area contributed by atoms with Crippen molar-refractivity contribution in [3.63, 3.8) is 0 Å². The number of amides is 1. The van der Waals surface area contributed by atoms with E-state index in [0.29, 0.717) is 11.7 Å². The Labute approximate surface area is 169 Å². The molecule has 2 N–H and O–H groups in total. The van der Waals surface area contributed by atoms with E-state index in [4.69, 9.17) is 0 Å². The summed E-state index contributed by atoms with van der Waals surface area (Å²) in [6, 6.07) is 8.34. The van der Waals surface area contributed by atoms with Gasteiger partial charge in [0.1, 0.15) is 5.78 Å². The van der Waals surface area contributed by atoms with Crippen LogP contribution in [-0.2, 0) is 4.79 Å². The van der Waals surface area contributed by atoms with Gasteiger partial charge in [0.05, 0.1) is 0 Å². The van der Waals surface area contributed by atoms with E-state index in [2.05, 4.69) is 22.8 Å². The summed E-state index contributed by atoms with van der Waals surface area (Å²) in [4.78, 5) is 24.7. The standard InChI is InChI=1S/C22H32N2O2.ClH/c1-15(2)21(25)18-7-9-20(10-8-18)24-22(26)19-5-3-16(4-6-19)17-11-13-23-14-12-17;/h3-6,15,17-18,20,23H,7-14H2,1-2H3,(H,24,26);1H. The lowest BCUT2D eigenvalue weighted by atomic mass is 9.80. The van der Waals surface area contributed by atoms with Gasteiger partial charge in [0.2, 0.25) is 0 Å². The number of carbonyl (C=O) groups is 2. The number of hydrogen-bond donors (Lipinski definition) is 2. The fourth-order valence-electron chi connectivity index (χ4n) is 4.32. The molecule has 1 aromatic rings. The summed E-state index contributed by atoms with van der Waals surface area (Å²) in [5.41, 5.74) is 2.08. The summed E-state index contributed by atoms with van der Waals surface area (Å²) in [7, 11) is 0. The highest BCUT2D eigenvalue weighted by Gasteiger charge is 2.28. The molecule has 4 nitrogen and oxygen atoms in total. The molecule has 1 saturated heterocycles. The zero-order chi connectivity index (χ0) is 18.5. The minimum absolute atomic E-state index is 0. The van der Waals surface area contributed by atoms with Gasteiger partial charge in [0.15, 0.2) is 0 Å². The van der Waals surface area contributed by atoms with Crippen molar-refractivity contribution in [3.05, 3.63) is 35.4 Å². The second kappa shape index (κ2) is 10.2. The molecule has 1 heterocycles. The molecular formula is C22H33ClN2O2. The number of ketones is 1. The quantitative estimate of drug-likeness (QED) is 0.793. The van der Waals surface area contributed by atoms with Gasteiger partial charge in [0, 0.05) is 23.4 Å². The van der Waals surface area contributed by atoms with Crippen LogP contribution in [-0.4, -0.2) is 30.8 Å². The summed E-state index contributed by atoms with van der Waals surface area (Å²) in [6.45, 7) is 6.11. The molecule has 3 rings (SSSR count). The smallest absolute Gasteiger partial charge is 0.251 e. The Bertz CT molecular complexity index is 616. The Kier molecular flexibility index (Phi) is 8.30. The molecule has 1 aliphatic carbocycles. The Morgan fingerprint density at radius 3 is 2.11 bits per heavy atom. The van der Waals surface area contributed by atoms with Crippen molar-refractivity contribution in [2.24, 2.45) is 11.8 Å². The van der Waals surface area contributed by atoms with E-state index in [-0.39, 0.29) is 36.2 Å². The maximum atomic E-state index is 12.5. The molecule has 5 heteroatoms. The zero-order valence-corrected chi connectivity index (χ0v) is 17.3. The van der Waals surface area contributed by atoms with Crippen LogP contribution in [0.5, 0.6) is 0 Å². The first-order chi connectivity index (χ1) is 12.5. The molecule has 1 aliphatic heterocycles. The molecule has 0 aromatic heterocycles. The minimum Gasteiger partial charge on any atom is -0.349 e. The fraction of sp³-hybridized carbons (Fsp3) is 0.636. The van der Waals surface area contributed by atoms with Crippen LogP contribution in [0.15, 0.2) is 24.3 Å². The highest BCUT2D eigenvalue weighted by atomic mass is 35.5. The minimum atomic E-state index is 0. The molecule has 0 radical (unpaired) electrons. The third-order valence-corrected chi connectivity index (χ3v) is 6.02. The van der Waals surface area contributed by atoms with Crippen LogP contribution in [0.2, 0.25) is 0 Å². The van der Waals surface area contributed by atoms with Gasteiger partial charge in [-0.05, 0) is 75.2 Å². The largest absolute Gasteiger partial charge is 0.349 e.